The number of hydrogen-bond donors (Lipinski definition) is 3. The molecule has 0 spiro atoms. The molecule has 0 aliphatic rings. The van der Waals surface area contributed by atoms with Gasteiger partial charge in [-0.05, 0) is 33.3 Å². The third-order valence-electron chi connectivity index (χ3n) is 3.52. The van der Waals surface area contributed by atoms with E-state index in [1.807, 2.05) is 25.3 Å². The summed E-state index contributed by atoms with van der Waals surface area (Å²) in [6.45, 7) is 6.78. The lowest BCUT2D eigenvalue weighted by Gasteiger charge is -2.28. The van der Waals surface area contributed by atoms with Crippen molar-refractivity contribution >= 4 is 23.1 Å². The number of thiazole rings is 1. The summed E-state index contributed by atoms with van der Waals surface area (Å²) < 4.78 is 13.9. The van der Waals surface area contributed by atoms with Gasteiger partial charge < -0.3 is 11.5 Å². The molecule has 1 rings (SSSR count). The van der Waals surface area contributed by atoms with Crippen LogP contribution >= 0.6 is 11.3 Å². The highest BCUT2D eigenvalue weighted by Gasteiger charge is 2.33. The molecular weight excluding hydrogens is 303 g/mol. The minimum Gasteiger partial charge on any atom is -0.385 e. The van der Waals surface area contributed by atoms with Gasteiger partial charge in [-0.3, -0.25) is 0 Å². The van der Waals surface area contributed by atoms with Crippen LogP contribution in [0.4, 0.5) is 4.39 Å². The van der Waals surface area contributed by atoms with Crippen LogP contribution in [0.25, 0.3) is 0 Å². The molecule has 0 amide bonds. The molecule has 0 aliphatic heterocycles. The number of aromatic nitrogens is 1. The number of guanidine groups is 1. The number of halogens is 1. The maximum atomic E-state index is 13.9. The number of nitrogens with one attached hydrogen (secondary N) is 1. The largest absolute Gasteiger partial charge is 0.385 e. The Balaban J connectivity index is 2.79. The summed E-state index contributed by atoms with van der Waals surface area (Å²) in [6, 6.07) is 0. The Morgan fingerprint density at radius 1 is 1.59 bits per heavy atom. The van der Waals surface area contributed by atoms with Crippen molar-refractivity contribution in [1.29, 1.82) is 0 Å². The second kappa shape index (κ2) is 7.88. The smallest absolute Gasteiger partial charge is 0.210 e. The van der Waals surface area contributed by atoms with Gasteiger partial charge in [0.2, 0.25) is 5.96 Å². The highest BCUT2D eigenvalue weighted by Crippen LogP contribution is 2.27. The number of hydrazone groups is 1. The fourth-order valence-electron chi connectivity index (χ4n) is 1.74. The van der Waals surface area contributed by atoms with Crippen molar-refractivity contribution < 1.29 is 4.39 Å². The normalized spacial score (nSPS) is 18.0. The molecule has 5 N–H and O–H groups in total. The van der Waals surface area contributed by atoms with Gasteiger partial charge >= 0.3 is 0 Å². The Morgan fingerprint density at radius 2 is 2.27 bits per heavy atom. The number of nitrogens with zero attached hydrogens (tertiary/aromatic N) is 3. The molecule has 1 aromatic heterocycles. The van der Waals surface area contributed by atoms with E-state index >= 15 is 0 Å². The van der Waals surface area contributed by atoms with Crippen LogP contribution in [0, 0.1) is 0 Å². The molecular formula is C14H23FN6S. The van der Waals surface area contributed by atoms with E-state index in [1.165, 1.54) is 18.3 Å². The first-order valence-corrected chi connectivity index (χ1v) is 7.81. The predicted molar refractivity (Wildman–Crippen MR) is 90.6 cm³/mol. The lowest BCUT2D eigenvalue weighted by molar-refractivity contribution is 0.255. The first-order chi connectivity index (χ1) is 10.3. The molecule has 6 nitrogen and oxygen atoms in total. The number of allylic oxidation sites excluding steroid dienone is 1. The van der Waals surface area contributed by atoms with Gasteiger partial charge in [-0.2, -0.15) is 5.10 Å². The Morgan fingerprint density at radius 3 is 2.77 bits per heavy atom. The predicted octanol–water partition coefficient (Wildman–Crippen LogP) is 1.95. The van der Waals surface area contributed by atoms with Crippen molar-refractivity contribution in [3.05, 3.63) is 28.2 Å². The maximum Gasteiger partial charge on any atom is 0.210 e. The summed E-state index contributed by atoms with van der Waals surface area (Å²) in [4.78, 5) is 8.32. The number of hydrogen-bond acceptors (Lipinski definition) is 4. The SMILES string of the molecule is C/C=C(\C)C(C)(/N=C(/N)N/N=C(\N)Cc1cscn1)[C@@H](C)F. The molecule has 1 heterocycles. The highest BCUT2D eigenvalue weighted by molar-refractivity contribution is 7.07. The van der Waals surface area contributed by atoms with Crippen LogP contribution in [-0.4, -0.2) is 28.5 Å². The van der Waals surface area contributed by atoms with Gasteiger partial charge in [0.1, 0.15) is 17.5 Å². The van der Waals surface area contributed by atoms with E-state index < -0.39 is 11.7 Å². The van der Waals surface area contributed by atoms with Gasteiger partial charge in [0.15, 0.2) is 0 Å². The lowest BCUT2D eigenvalue weighted by Crippen LogP contribution is -2.40. The van der Waals surface area contributed by atoms with Crippen molar-refractivity contribution in [2.75, 3.05) is 0 Å². The molecule has 1 unspecified atom stereocenters. The van der Waals surface area contributed by atoms with E-state index in [1.54, 1.807) is 12.4 Å². The summed E-state index contributed by atoms with van der Waals surface area (Å²) in [5.74, 6) is 0.330. The Hall–Kier alpha value is -1.96. The minimum absolute atomic E-state index is 0.00873. The van der Waals surface area contributed by atoms with Gasteiger partial charge in [0.05, 0.1) is 17.6 Å². The zero-order valence-corrected chi connectivity index (χ0v) is 14.1. The van der Waals surface area contributed by atoms with Crippen molar-refractivity contribution in [1.82, 2.24) is 10.4 Å². The molecule has 0 aromatic carbocycles. The van der Waals surface area contributed by atoms with Crippen molar-refractivity contribution in [2.45, 2.75) is 45.8 Å². The number of aliphatic imine (C=N–C) groups is 1. The van der Waals surface area contributed by atoms with Crippen molar-refractivity contribution in [3.63, 3.8) is 0 Å². The maximum absolute atomic E-state index is 13.9. The molecule has 122 valence electrons. The van der Waals surface area contributed by atoms with Crippen LogP contribution in [0.2, 0.25) is 0 Å². The van der Waals surface area contributed by atoms with Crippen LogP contribution in [0.3, 0.4) is 0 Å². The third-order valence-corrected chi connectivity index (χ3v) is 4.15. The van der Waals surface area contributed by atoms with E-state index in [-0.39, 0.29) is 5.96 Å². The standard InChI is InChI=1S/C14H23FN6S/c1-5-9(2)14(4,10(3)15)19-13(17)21-20-12(16)6-11-7-22-8-18-11/h5,7-8,10H,6H2,1-4H3,(H2,16,20)(H3,17,19,21)/b9-5+/t10-,14?/m1/s1. The highest BCUT2D eigenvalue weighted by atomic mass is 32.1. The summed E-state index contributed by atoms with van der Waals surface area (Å²) in [5.41, 5.74) is 16.4. The first-order valence-electron chi connectivity index (χ1n) is 6.87. The number of rotatable bonds is 6. The Kier molecular flexibility index (Phi) is 6.48. The summed E-state index contributed by atoms with van der Waals surface area (Å²) in [5, 5.41) is 5.82. The third kappa shape index (κ3) is 4.80. The molecule has 0 bridgehead atoms. The molecule has 22 heavy (non-hydrogen) atoms. The number of alkyl halides is 1. The zero-order valence-electron chi connectivity index (χ0n) is 13.3. The molecule has 0 radical (unpaired) electrons. The molecule has 1 aromatic rings. The van der Waals surface area contributed by atoms with Crippen LogP contribution in [0.5, 0.6) is 0 Å². The van der Waals surface area contributed by atoms with Gasteiger partial charge in [-0.15, -0.1) is 11.3 Å². The lowest BCUT2D eigenvalue weighted by atomic mass is 9.89. The Labute approximate surface area is 134 Å². The summed E-state index contributed by atoms with van der Waals surface area (Å²) >= 11 is 1.48. The van der Waals surface area contributed by atoms with Gasteiger partial charge in [0, 0.05) is 5.38 Å². The van der Waals surface area contributed by atoms with Gasteiger partial charge in [0.25, 0.3) is 0 Å². The molecule has 8 heteroatoms. The van der Waals surface area contributed by atoms with Gasteiger partial charge in [-0.25, -0.2) is 19.8 Å². The topological polar surface area (TPSA) is 102 Å². The monoisotopic (exact) mass is 326 g/mol. The van der Waals surface area contributed by atoms with Crippen molar-refractivity contribution in [3.8, 4) is 0 Å². The van der Waals surface area contributed by atoms with Crippen LogP contribution in [0.1, 0.15) is 33.4 Å². The quantitative estimate of drug-likeness (QED) is 0.322. The minimum atomic E-state index is -1.19. The Bertz CT molecular complexity index is 564. The molecule has 0 fully saturated rings. The van der Waals surface area contributed by atoms with E-state index in [9.17, 15) is 4.39 Å². The average molecular weight is 326 g/mol. The van der Waals surface area contributed by atoms with Gasteiger partial charge in [-0.1, -0.05) is 6.08 Å². The van der Waals surface area contributed by atoms with Crippen molar-refractivity contribution in [2.24, 2.45) is 21.6 Å². The van der Waals surface area contributed by atoms with E-state index in [2.05, 4.69) is 20.5 Å². The molecule has 0 saturated heterocycles. The molecule has 2 atom stereocenters. The fourth-order valence-corrected chi connectivity index (χ4v) is 2.30. The van der Waals surface area contributed by atoms with Crippen LogP contribution in [-0.2, 0) is 6.42 Å². The summed E-state index contributed by atoms with van der Waals surface area (Å²) in [7, 11) is 0. The zero-order chi connectivity index (χ0) is 16.8. The van der Waals surface area contributed by atoms with Crippen LogP contribution < -0.4 is 16.9 Å². The second-order valence-electron chi connectivity index (χ2n) is 5.10. The van der Waals surface area contributed by atoms with E-state index in [4.69, 9.17) is 11.5 Å². The molecule has 0 saturated carbocycles. The average Bonchev–Trinajstić information content (AvgIpc) is 2.96. The fraction of sp³-hybridized carbons (Fsp3) is 0.500. The van der Waals surface area contributed by atoms with E-state index in [0.29, 0.717) is 12.3 Å². The van der Waals surface area contributed by atoms with Crippen LogP contribution in [0.15, 0.2) is 32.6 Å². The van der Waals surface area contributed by atoms with E-state index in [0.717, 1.165) is 11.3 Å². The second-order valence-corrected chi connectivity index (χ2v) is 5.82. The summed E-state index contributed by atoms with van der Waals surface area (Å²) in [6.07, 6.45) is 1.03. The first kappa shape index (κ1) is 18.1. The number of amidine groups is 1. The number of nitrogens with two attached hydrogens (primary N) is 2. The molecule has 0 aliphatic carbocycles.